The number of fused-ring (bicyclic) bond motifs is 1. The molecule has 1 aromatic heterocycles. The summed E-state index contributed by atoms with van der Waals surface area (Å²) in [5.74, 6) is -0.880. The lowest BCUT2D eigenvalue weighted by molar-refractivity contribution is 0.0697. The van der Waals surface area contributed by atoms with Crippen LogP contribution in [0.5, 0.6) is 0 Å². The zero-order valence-corrected chi connectivity index (χ0v) is 10.4. The van der Waals surface area contributed by atoms with E-state index >= 15 is 0 Å². The third-order valence-corrected chi connectivity index (χ3v) is 3.45. The van der Waals surface area contributed by atoms with Crippen molar-refractivity contribution in [3.63, 3.8) is 0 Å². The van der Waals surface area contributed by atoms with Crippen LogP contribution in [-0.4, -0.2) is 15.6 Å². The van der Waals surface area contributed by atoms with Crippen LogP contribution < -0.4 is 0 Å². The minimum atomic E-state index is -0.880. The predicted molar refractivity (Wildman–Crippen MR) is 68.5 cm³/mol. The number of aromatic carboxylic acids is 1. The van der Waals surface area contributed by atoms with E-state index in [2.05, 4.69) is 25.3 Å². The summed E-state index contributed by atoms with van der Waals surface area (Å²) in [7, 11) is 0. The summed E-state index contributed by atoms with van der Waals surface area (Å²) in [6, 6.07) is 7.24. The van der Waals surface area contributed by atoms with Gasteiger partial charge in [0, 0.05) is 22.6 Å². The summed E-state index contributed by atoms with van der Waals surface area (Å²) in [5, 5.41) is 9.93. The van der Waals surface area contributed by atoms with Gasteiger partial charge in [0.2, 0.25) is 0 Å². The highest BCUT2D eigenvalue weighted by Crippen LogP contribution is 2.27. The maximum absolute atomic E-state index is 10.9. The average molecular weight is 231 g/mol. The van der Waals surface area contributed by atoms with E-state index in [4.69, 9.17) is 5.11 Å². The number of benzene rings is 1. The maximum Gasteiger partial charge on any atom is 0.335 e. The smallest absolute Gasteiger partial charge is 0.335 e. The summed E-state index contributed by atoms with van der Waals surface area (Å²) in [6.07, 6.45) is 3.05. The monoisotopic (exact) mass is 231 g/mol. The van der Waals surface area contributed by atoms with Crippen molar-refractivity contribution in [2.45, 2.75) is 32.7 Å². The van der Waals surface area contributed by atoms with Crippen LogP contribution in [0.15, 0.2) is 30.5 Å². The van der Waals surface area contributed by atoms with Gasteiger partial charge in [-0.05, 0) is 44.5 Å². The van der Waals surface area contributed by atoms with Gasteiger partial charge in [0.15, 0.2) is 0 Å². The molecule has 1 heterocycles. The van der Waals surface area contributed by atoms with Crippen LogP contribution in [0.4, 0.5) is 0 Å². The van der Waals surface area contributed by atoms with Crippen LogP contribution in [0, 0.1) is 0 Å². The topological polar surface area (TPSA) is 42.2 Å². The molecule has 0 aliphatic rings. The van der Waals surface area contributed by atoms with Crippen LogP contribution in [-0.2, 0) is 5.54 Å². The highest BCUT2D eigenvalue weighted by Gasteiger charge is 2.19. The van der Waals surface area contributed by atoms with Gasteiger partial charge in [0.1, 0.15) is 0 Å². The lowest BCUT2D eigenvalue weighted by atomic mass is 10.0. The summed E-state index contributed by atoms with van der Waals surface area (Å²) < 4.78 is 2.20. The fourth-order valence-corrected chi connectivity index (χ4v) is 1.97. The zero-order chi connectivity index (χ0) is 12.6. The van der Waals surface area contributed by atoms with E-state index < -0.39 is 5.97 Å². The molecule has 0 fully saturated rings. The Balaban J connectivity index is 2.60. The molecule has 0 aliphatic carbocycles. The average Bonchev–Trinajstić information content (AvgIpc) is 2.72. The van der Waals surface area contributed by atoms with Crippen LogP contribution in [0.25, 0.3) is 10.9 Å². The SMILES string of the molecule is CCC(C)(C)n1ccc2cc(C(=O)O)ccc21. The molecule has 0 aliphatic heterocycles. The van der Waals surface area contributed by atoms with E-state index in [0.29, 0.717) is 5.56 Å². The molecular weight excluding hydrogens is 214 g/mol. The fraction of sp³-hybridized carbons (Fsp3) is 0.357. The molecular formula is C14H17NO2. The van der Waals surface area contributed by atoms with Gasteiger partial charge in [-0.25, -0.2) is 4.79 Å². The number of carboxylic acid groups (broad SMARTS) is 1. The first-order valence-electron chi connectivity index (χ1n) is 5.80. The van der Waals surface area contributed by atoms with E-state index in [1.807, 2.05) is 18.3 Å². The maximum atomic E-state index is 10.9. The first-order chi connectivity index (χ1) is 7.95. The van der Waals surface area contributed by atoms with Gasteiger partial charge in [0.25, 0.3) is 0 Å². The molecule has 0 saturated heterocycles. The molecule has 1 N–H and O–H groups in total. The quantitative estimate of drug-likeness (QED) is 0.878. The second-order valence-electron chi connectivity index (χ2n) is 4.93. The Kier molecular flexibility index (Phi) is 2.69. The second kappa shape index (κ2) is 3.91. The summed E-state index contributed by atoms with van der Waals surface area (Å²) in [4.78, 5) is 10.9. The predicted octanol–water partition coefficient (Wildman–Crippen LogP) is 3.48. The lowest BCUT2D eigenvalue weighted by Crippen LogP contribution is -2.23. The minimum Gasteiger partial charge on any atom is -0.478 e. The third-order valence-electron chi connectivity index (χ3n) is 3.45. The van der Waals surface area contributed by atoms with Crippen LogP contribution in [0.2, 0.25) is 0 Å². The molecule has 90 valence electrons. The molecule has 0 bridgehead atoms. The number of nitrogens with zero attached hydrogens (tertiary/aromatic N) is 1. The van der Waals surface area contributed by atoms with Gasteiger partial charge < -0.3 is 9.67 Å². The normalized spacial score (nSPS) is 11.9. The van der Waals surface area contributed by atoms with Gasteiger partial charge in [-0.2, -0.15) is 0 Å². The second-order valence-corrected chi connectivity index (χ2v) is 4.93. The Morgan fingerprint density at radius 1 is 1.35 bits per heavy atom. The number of carbonyl (C=O) groups is 1. The molecule has 0 radical (unpaired) electrons. The Morgan fingerprint density at radius 2 is 2.06 bits per heavy atom. The molecule has 2 rings (SSSR count). The van der Waals surface area contributed by atoms with Gasteiger partial charge >= 0.3 is 5.97 Å². The Hall–Kier alpha value is -1.77. The Labute approximate surface area is 101 Å². The first kappa shape index (κ1) is 11.7. The first-order valence-corrected chi connectivity index (χ1v) is 5.80. The largest absolute Gasteiger partial charge is 0.478 e. The Bertz CT molecular complexity index is 567. The van der Waals surface area contributed by atoms with Gasteiger partial charge in [-0.15, -0.1) is 0 Å². The van der Waals surface area contributed by atoms with Crippen LogP contribution >= 0.6 is 0 Å². The van der Waals surface area contributed by atoms with Crippen molar-refractivity contribution in [2.75, 3.05) is 0 Å². The lowest BCUT2D eigenvalue weighted by Gasteiger charge is -2.26. The molecule has 17 heavy (non-hydrogen) atoms. The fourth-order valence-electron chi connectivity index (χ4n) is 1.97. The van der Waals surface area contributed by atoms with Crippen LogP contribution in [0.3, 0.4) is 0 Å². The molecule has 0 atom stereocenters. The summed E-state index contributed by atoms with van der Waals surface area (Å²) in [6.45, 7) is 6.51. The van der Waals surface area contributed by atoms with Crippen molar-refractivity contribution in [3.8, 4) is 0 Å². The van der Waals surface area contributed by atoms with Gasteiger partial charge in [-0.3, -0.25) is 0 Å². The highest BCUT2D eigenvalue weighted by atomic mass is 16.4. The number of carboxylic acids is 1. The minimum absolute atomic E-state index is 0.0481. The number of hydrogen-bond donors (Lipinski definition) is 1. The molecule has 0 saturated carbocycles. The van der Waals surface area contributed by atoms with Crippen molar-refractivity contribution in [3.05, 3.63) is 36.0 Å². The number of hydrogen-bond acceptors (Lipinski definition) is 1. The van der Waals surface area contributed by atoms with Crippen LogP contribution in [0.1, 0.15) is 37.6 Å². The van der Waals surface area contributed by atoms with Crippen molar-refractivity contribution in [1.29, 1.82) is 0 Å². The highest BCUT2D eigenvalue weighted by molar-refractivity contribution is 5.93. The van der Waals surface area contributed by atoms with Crippen molar-refractivity contribution >= 4 is 16.9 Å². The molecule has 0 amide bonds. The number of rotatable bonds is 3. The van der Waals surface area contributed by atoms with E-state index in [1.54, 1.807) is 12.1 Å². The van der Waals surface area contributed by atoms with Gasteiger partial charge in [-0.1, -0.05) is 6.92 Å². The van der Waals surface area contributed by atoms with E-state index in [-0.39, 0.29) is 5.54 Å². The van der Waals surface area contributed by atoms with Gasteiger partial charge in [0.05, 0.1) is 5.56 Å². The molecule has 2 aromatic rings. The van der Waals surface area contributed by atoms with Crippen molar-refractivity contribution < 1.29 is 9.90 Å². The third kappa shape index (κ3) is 1.93. The molecule has 0 spiro atoms. The summed E-state index contributed by atoms with van der Waals surface area (Å²) >= 11 is 0. The standard InChI is InChI=1S/C14H17NO2/c1-4-14(2,3)15-8-7-10-9-11(13(16)17)5-6-12(10)15/h5-9H,4H2,1-3H3,(H,16,17). The molecule has 0 unspecified atom stereocenters. The number of aromatic nitrogens is 1. The molecule has 1 aromatic carbocycles. The van der Waals surface area contributed by atoms with Crippen molar-refractivity contribution in [1.82, 2.24) is 4.57 Å². The van der Waals surface area contributed by atoms with Crippen molar-refractivity contribution in [2.24, 2.45) is 0 Å². The Morgan fingerprint density at radius 3 is 2.65 bits per heavy atom. The van der Waals surface area contributed by atoms with E-state index in [9.17, 15) is 4.79 Å². The zero-order valence-electron chi connectivity index (χ0n) is 10.4. The molecule has 3 heteroatoms. The van der Waals surface area contributed by atoms with E-state index in [1.165, 1.54) is 0 Å². The summed E-state index contributed by atoms with van der Waals surface area (Å²) in [5.41, 5.74) is 1.47. The van der Waals surface area contributed by atoms with E-state index in [0.717, 1.165) is 17.3 Å². The molecule has 3 nitrogen and oxygen atoms in total.